The minimum atomic E-state index is 0.0655. The van der Waals surface area contributed by atoms with E-state index in [0.29, 0.717) is 28.8 Å². The van der Waals surface area contributed by atoms with Crippen LogP contribution >= 0.6 is 27.7 Å². The number of halogens is 1. The molecular weight excluding hydrogens is 340 g/mol. The molecule has 4 nitrogen and oxygen atoms in total. The summed E-state index contributed by atoms with van der Waals surface area (Å²) in [6.07, 6.45) is 0.470. The van der Waals surface area contributed by atoms with Crippen LogP contribution in [0, 0.1) is 17.2 Å². The Labute approximate surface area is 130 Å². The highest BCUT2D eigenvalue weighted by Gasteiger charge is 2.30. The number of carbonyl (C=O) groups is 2. The fourth-order valence-corrected chi connectivity index (χ4v) is 3.29. The topological polar surface area (TPSA) is 61.2 Å². The fourth-order valence-electron chi connectivity index (χ4n) is 2.14. The van der Waals surface area contributed by atoms with E-state index in [1.807, 2.05) is 0 Å². The SMILES string of the molecule is CC(=O)SCC1CC(=O)N(c2ccc(C#N)c(Br)c2)C1. The van der Waals surface area contributed by atoms with E-state index in [9.17, 15) is 9.59 Å². The second-order valence-corrected chi connectivity index (χ2v) is 6.70. The van der Waals surface area contributed by atoms with E-state index < -0.39 is 0 Å². The summed E-state index contributed by atoms with van der Waals surface area (Å²) in [7, 11) is 0. The lowest BCUT2D eigenvalue weighted by atomic mass is 10.1. The normalized spacial score (nSPS) is 18.1. The van der Waals surface area contributed by atoms with Crippen LogP contribution in [-0.2, 0) is 9.59 Å². The van der Waals surface area contributed by atoms with Crippen LogP contribution in [0.25, 0.3) is 0 Å². The van der Waals surface area contributed by atoms with Gasteiger partial charge in [-0.2, -0.15) is 5.26 Å². The minimum absolute atomic E-state index is 0.0655. The van der Waals surface area contributed by atoms with Crippen LogP contribution in [0.15, 0.2) is 22.7 Å². The first-order chi connectivity index (χ1) is 9.51. The van der Waals surface area contributed by atoms with Crippen molar-refractivity contribution in [2.45, 2.75) is 13.3 Å². The van der Waals surface area contributed by atoms with Gasteiger partial charge in [0.05, 0.1) is 5.56 Å². The van der Waals surface area contributed by atoms with Gasteiger partial charge in [-0.15, -0.1) is 0 Å². The highest BCUT2D eigenvalue weighted by Crippen LogP contribution is 2.30. The maximum Gasteiger partial charge on any atom is 0.227 e. The van der Waals surface area contributed by atoms with E-state index in [2.05, 4.69) is 22.0 Å². The Kier molecular flexibility index (Phi) is 4.84. The molecule has 1 saturated heterocycles. The van der Waals surface area contributed by atoms with Crippen molar-refractivity contribution in [2.75, 3.05) is 17.2 Å². The maximum atomic E-state index is 12.0. The predicted molar refractivity (Wildman–Crippen MR) is 82.5 cm³/mol. The van der Waals surface area contributed by atoms with Crippen molar-refractivity contribution >= 4 is 44.4 Å². The Morgan fingerprint density at radius 3 is 2.95 bits per heavy atom. The van der Waals surface area contributed by atoms with E-state index >= 15 is 0 Å². The highest BCUT2D eigenvalue weighted by atomic mass is 79.9. The second kappa shape index (κ2) is 6.42. The number of amides is 1. The van der Waals surface area contributed by atoms with Gasteiger partial charge in [0.2, 0.25) is 5.91 Å². The first kappa shape index (κ1) is 15.1. The molecule has 0 radical (unpaired) electrons. The molecule has 0 spiro atoms. The highest BCUT2D eigenvalue weighted by molar-refractivity contribution is 9.10. The summed E-state index contributed by atoms with van der Waals surface area (Å²) in [6.45, 7) is 2.16. The number of nitrogens with zero attached hydrogens (tertiary/aromatic N) is 2. The van der Waals surface area contributed by atoms with Gasteiger partial charge < -0.3 is 4.90 Å². The van der Waals surface area contributed by atoms with Crippen LogP contribution in [0.1, 0.15) is 18.9 Å². The summed E-state index contributed by atoms with van der Waals surface area (Å²) in [6, 6.07) is 7.34. The van der Waals surface area contributed by atoms with E-state index in [0.717, 1.165) is 5.69 Å². The zero-order valence-electron chi connectivity index (χ0n) is 10.9. The van der Waals surface area contributed by atoms with Gasteiger partial charge in [-0.05, 0) is 40.0 Å². The number of carbonyl (C=O) groups excluding carboxylic acids is 2. The number of hydrogen-bond donors (Lipinski definition) is 0. The molecule has 104 valence electrons. The molecule has 6 heteroatoms. The van der Waals surface area contributed by atoms with E-state index in [1.54, 1.807) is 23.1 Å². The van der Waals surface area contributed by atoms with Gasteiger partial charge in [0.25, 0.3) is 0 Å². The molecule has 0 N–H and O–H groups in total. The molecule has 1 aromatic carbocycles. The molecule has 0 bridgehead atoms. The minimum Gasteiger partial charge on any atom is -0.312 e. The standard InChI is InChI=1S/C14H13BrN2O2S/c1-9(18)20-8-10-4-14(19)17(7-10)12-3-2-11(6-16)13(15)5-12/h2-3,5,10H,4,7-8H2,1H3. The van der Waals surface area contributed by atoms with Crippen molar-refractivity contribution in [3.63, 3.8) is 0 Å². The van der Waals surface area contributed by atoms with Gasteiger partial charge in [-0.25, -0.2) is 0 Å². The zero-order chi connectivity index (χ0) is 14.7. The van der Waals surface area contributed by atoms with Gasteiger partial charge >= 0.3 is 0 Å². The van der Waals surface area contributed by atoms with Gasteiger partial charge in [0.15, 0.2) is 5.12 Å². The Morgan fingerprint density at radius 2 is 2.35 bits per heavy atom. The first-order valence-corrected chi connectivity index (χ1v) is 7.92. The molecule has 1 aliphatic rings. The summed E-state index contributed by atoms with van der Waals surface area (Å²) in [4.78, 5) is 24.7. The van der Waals surface area contributed by atoms with Crippen molar-refractivity contribution in [3.05, 3.63) is 28.2 Å². The van der Waals surface area contributed by atoms with Gasteiger partial charge in [-0.3, -0.25) is 9.59 Å². The quantitative estimate of drug-likeness (QED) is 0.838. The molecule has 2 rings (SSSR count). The molecule has 1 heterocycles. The lowest BCUT2D eigenvalue weighted by Crippen LogP contribution is -2.24. The number of nitriles is 1. The van der Waals surface area contributed by atoms with Gasteiger partial charge in [0.1, 0.15) is 6.07 Å². The Hall–Kier alpha value is -1.32. The van der Waals surface area contributed by atoms with Gasteiger partial charge in [-0.1, -0.05) is 11.8 Å². The monoisotopic (exact) mass is 352 g/mol. The number of hydrogen-bond acceptors (Lipinski definition) is 4. The lowest BCUT2D eigenvalue weighted by Gasteiger charge is -2.17. The Balaban J connectivity index is 2.10. The van der Waals surface area contributed by atoms with Crippen molar-refractivity contribution in [2.24, 2.45) is 5.92 Å². The third-order valence-electron chi connectivity index (χ3n) is 3.11. The number of rotatable bonds is 3. The number of thioether (sulfide) groups is 1. The molecule has 1 fully saturated rings. The summed E-state index contributed by atoms with van der Waals surface area (Å²) < 4.78 is 0.687. The third-order valence-corrected chi connectivity index (χ3v) is 4.81. The van der Waals surface area contributed by atoms with Crippen molar-refractivity contribution in [1.82, 2.24) is 0 Å². The van der Waals surface area contributed by atoms with Crippen molar-refractivity contribution in [3.8, 4) is 6.07 Å². The van der Waals surface area contributed by atoms with E-state index in [4.69, 9.17) is 5.26 Å². The number of anilines is 1. The summed E-state index contributed by atoms with van der Waals surface area (Å²) >= 11 is 4.60. The van der Waals surface area contributed by atoms with E-state index in [1.165, 1.54) is 18.7 Å². The molecule has 1 atom stereocenters. The molecule has 1 amide bonds. The second-order valence-electron chi connectivity index (χ2n) is 4.65. The van der Waals surface area contributed by atoms with Gasteiger partial charge in [0, 0.05) is 35.8 Å². The molecule has 1 aromatic rings. The van der Waals surface area contributed by atoms with Crippen LogP contribution in [-0.4, -0.2) is 23.3 Å². The molecule has 1 aliphatic heterocycles. The molecular formula is C14H13BrN2O2S. The summed E-state index contributed by atoms with van der Waals surface area (Å²) in [5, 5.41) is 8.98. The lowest BCUT2D eigenvalue weighted by molar-refractivity contribution is -0.117. The number of benzene rings is 1. The van der Waals surface area contributed by atoms with Crippen molar-refractivity contribution in [1.29, 1.82) is 5.26 Å². The largest absolute Gasteiger partial charge is 0.312 e. The predicted octanol–water partition coefficient (Wildman–Crippen LogP) is 2.95. The van der Waals surface area contributed by atoms with Crippen molar-refractivity contribution < 1.29 is 9.59 Å². The van der Waals surface area contributed by atoms with Crippen LogP contribution in [0.5, 0.6) is 0 Å². The Morgan fingerprint density at radius 1 is 1.60 bits per heavy atom. The smallest absolute Gasteiger partial charge is 0.227 e. The van der Waals surface area contributed by atoms with Crippen LogP contribution < -0.4 is 4.90 Å². The zero-order valence-corrected chi connectivity index (χ0v) is 13.3. The molecule has 20 heavy (non-hydrogen) atoms. The molecule has 1 unspecified atom stereocenters. The maximum absolute atomic E-state index is 12.0. The molecule has 0 saturated carbocycles. The van der Waals surface area contributed by atoms with Crippen LogP contribution in [0.2, 0.25) is 0 Å². The first-order valence-electron chi connectivity index (χ1n) is 6.14. The summed E-state index contributed by atoms with van der Waals surface area (Å²) in [5.41, 5.74) is 1.33. The van der Waals surface area contributed by atoms with Crippen LogP contribution in [0.3, 0.4) is 0 Å². The average Bonchev–Trinajstić information content (AvgIpc) is 2.77. The Bertz CT molecular complexity index is 597. The van der Waals surface area contributed by atoms with Crippen LogP contribution in [0.4, 0.5) is 5.69 Å². The molecule has 0 aromatic heterocycles. The average molecular weight is 353 g/mol. The molecule has 0 aliphatic carbocycles. The third kappa shape index (κ3) is 3.41. The summed E-state index contributed by atoms with van der Waals surface area (Å²) in [5.74, 6) is 0.941. The fraction of sp³-hybridized carbons (Fsp3) is 0.357. The van der Waals surface area contributed by atoms with E-state index in [-0.39, 0.29) is 16.9 Å².